The SMILES string of the molecule is CCN[C@@H](Cc1ccccc1)C[C@@H](C)C(=O)O. The summed E-state index contributed by atoms with van der Waals surface area (Å²) in [5, 5.41) is 12.3. The molecule has 0 bridgehead atoms. The van der Waals surface area contributed by atoms with Gasteiger partial charge in [0.2, 0.25) is 0 Å². The molecule has 0 unspecified atom stereocenters. The van der Waals surface area contributed by atoms with Crippen molar-refractivity contribution in [2.24, 2.45) is 5.92 Å². The Kier molecular flexibility index (Phi) is 5.70. The first-order valence-electron chi connectivity index (χ1n) is 6.13. The van der Waals surface area contributed by atoms with E-state index in [1.165, 1.54) is 5.56 Å². The lowest BCUT2D eigenvalue weighted by molar-refractivity contribution is -0.141. The smallest absolute Gasteiger partial charge is 0.306 e. The minimum Gasteiger partial charge on any atom is -0.481 e. The molecule has 0 spiro atoms. The number of hydrogen-bond donors (Lipinski definition) is 2. The lowest BCUT2D eigenvalue weighted by Gasteiger charge is -2.20. The van der Waals surface area contributed by atoms with Crippen LogP contribution in [0.4, 0.5) is 0 Å². The molecule has 0 aromatic heterocycles. The van der Waals surface area contributed by atoms with Crippen LogP contribution in [0.2, 0.25) is 0 Å². The second-order valence-electron chi connectivity index (χ2n) is 4.42. The van der Waals surface area contributed by atoms with E-state index in [9.17, 15) is 4.79 Å². The van der Waals surface area contributed by atoms with Gasteiger partial charge in [0.1, 0.15) is 0 Å². The Morgan fingerprint density at radius 1 is 1.35 bits per heavy atom. The summed E-state index contributed by atoms with van der Waals surface area (Å²) in [6.45, 7) is 4.67. The van der Waals surface area contributed by atoms with Crippen LogP contribution in [0.1, 0.15) is 25.8 Å². The zero-order chi connectivity index (χ0) is 12.7. The summed E-state index contributed by atoms with van der Waals surface area (Å²) in [5.74, 6) is -1.02. The first-order valence-corrected chi connectivity index (χ1v) is 6.13. The number of carboxylic acid groups (broad SMARTS) is 1. The Morgan fingerprint density at radius 3 is 2.53 bits per heavy atom. The van der Waals surface area contributed by atoms with Crippen molar-refractivity contribution in [3.05, 3.63) is 35.9 Å². The van der Waals surface area contributed by atoms with Crippen LogP contribution in [-0.4, -0.2) is 23.7 Å². The van der Waals surface area contributed by atoms with Crippen LogP contribution in [0.5, 0.6) is 0 Å². The van der Waals surface area contributed by atoms with Gasteiger partial charge in [-0.05, 0) is 24.9 Å². The minimum atomic E-state index is -0.721. The number of benzene rings is 1. The van der Waals surface area contributed by atoms with Gasteiger partial charge in [0.15, 0.2) is 0 Å². The maximum Gasteiger partial charge on any atom is 0.306 e. The van der Waals surface area contributed by atoms with Crippen molar-refractivity contribution in [3.8, 4) is 0 Å². The lowest BCUT2D eigenvalue weighted by atomic mass is 9.96. The van der Waals surface area contributed by atoms with E-state index in [4.69, 9.17) is 5.11 Å². The maximum absolute atomic E-state index is 10.9. The molecule has 0 saturated carbocycles. The topological polar surface area (TPSA) is 49.3 Å². The third-order valence-corrected chi connectivity index (χ3v) is 2.88. The molecule has 0 aliphatic heterocycles. The summed E-state index contributed by atoms with van der Waals surface area (Å²) < 4.78 is 0. The highest BCUT2D eigenvalue weighted by atomic mass is 16.4. The van der Waals surface area contributed by atoms with Gasteiger partial charge in [0.25, 0.3) is 0 Å². The molecule has 1 rings (SSSR count). The Hall–Kier alpha value is -1.35. The standard InChI is InChI=1S/C14H21NO2/c1-3-15-13(9-11(2)14(16)17)10-12-7-5-4-6-8-12/h4-8,11,13,15H,3,9-10H2,1-2H3,(H,16,17)/t11-,13-/m1/s1. The number of likely N-dealkylation sites (N-methyl/N-ethyl adjacent to an activating group) is 1. The van der Waals surface area contributed by atoms with Gasteiger partial charge in [-0.3, -0.25) is 4.79 Å². The monoisotopic (exact) mass is 235 g/mol. The molecule has 2 atom stereocenters. The summed E-state index contributed by atoms with van der Waals surface area (Å²) in [6.07, 6.45) is 1.55. The van der Waals surface area contributed by atoms with E-state index in [1.807, 2.05) is 25.1 Å². The first-order chi connectivity index (χ1) is 8.13. The van der Waals surface area contributed by atoms with Crippen LogP contribution >= 0.6 is 0 Å². The molecule has 17 heavy (non-hydrogen) atoms. The molecule has 3 nitrogen and oxygen atoms in total. The number of aliphatic carboxylic acids is 1. The molecular weight excluding hydrogens is 214 g/mol. The van der Waals surface area contributed by atoms with E-state index in [0.29, 0.717) is 6.42 Å². The fourth-order valence-electron chi connectivity index (χ4n) is 1.95. The zero-order valence-corrected chi connectivity index (χ0v) is 10.5. The van der Waals surface area contributed by atoms with Crippen molar-refractivity contribution >= 4 is 5.97 Å². The number of nitrogens with one attached hydrogen (secondary N) is 1. The molecule has 0 radical (unpaired) electrons. The van der Waals surface area contributed by atoms with Gasteiger partial charge in [0, 0.05) is 6.04 Å². The molecule has 0 amide bonds. The van der Waals surface area contributed by atoms with Gasteiger partial charge in [-0.25, -0.2) is 0 Å². The van der Waals surface area contributed by atoms with Gasteiger partial charge >= 0.3 is 5.97 Å². The molecule has 0 fully saturated rings. The Bertz CT molecular complexity index is 337. The van der Waals surface area contributed by atoms with E-state index >= 15 is 0 Å². The lowest BCUT2D eigenvalue weighted by Crippen LogP contribution is -2.34. The van der Waals surface area contributed by atoms with Gasteiger partial charge in [-0.1, -0.05) is 44.2 Å². The normalized spacial score (nSPS) is 14.2. The van der Waals surface area contributed by atoms with Gasteiger partial charge in [-0.2, -0.15) is 0 Å². The van der Waals surface area contributed by atoms with E-state index in [1.54, 1.807) is 6.92 Å². The van der Waals surface area contributed by atoms with Gasteiger partial charge in [0.05, 0.1) is 5.92 Å². The molecule has 94 valence electrons. The molecule has 0 heterocycles. The number of carbonyl (C=O) groups is 1. The van der Waals surface area contributed by atoms with Crippen LogP contribution < -0.4 is 5.32 Å². The summed E-state index contributed by atoms with van der Waals surface area (Å²) in [6, 6.07) is 10.4. The van der Waals surface area contributed by atoms with Crippen molar-refractivity contribution in [1.29, 1.82) is 0 Å². The summed E-state index contributed by atoms with van der Waals surface area (Å²) in [7, 11) is 0. The second kappa shape index (κ2) is 7.07. The predicted molar refractivity (Wildman–Crippen MR) is 69.0 cm³/mol. The Labute approximate surface area is 103 Å². The third kappa shape index (κ3) is 5.00. The third-order valence-electron chi connectivity index (χ3n) is 2.88. The molecule has 0 aliphatic carbocycles. The van der Waals surface area contributed by atoms with Crippen molar-refractivity contribution in [2.45, 2.75) is 32.7 Å². The number of hydrogen-bond acceptors (Lipinski definition) is 2. The largest absolute Gasteiger partial charge is 0.481 e. The molecule has 1 aromatic carbocycles. The molecule has 2 N–H and O–H groups in total. The van der Waals surface area contributed by atoms with E-state index < -0.39 is 5.97 Å². The Balaban J connectivity index is 2.57. The van der Waals surface area contributed by atoms with Gasteiger partial charge < -0.3 is 10.4 Å². The minimum absolute atomic E-state index is 0.230. The van der Waals surface area contributed by atoms with Crippen molar-refractivity contribution in [1.82, 2.24) is 5.32 Å². The van der Waals surface area contributed by atoms with E-state index in [-0.39, 0.29) is 12.0 Å². The van der Waals surface area contributed by atoms with Crippen LogP contribution in [0.3, 0.4) is 0 Å². The summed E-state index contributed by atoms with van der Waals surface area (Å²) >= 11 is 0. The Morgan fingerprint density at radius 2 is 2.00 bits per heavy atom. The molecule has 1 aromatic rings. The quantitative estimate of drug-likeness (QED) is 0.762. The van der Waals surface area contributed by atoms with Crippen LogP contribution in [0.15, 0.2) is 30.3 Å². The fourth-order valence-corrected chi connectivity index (χ4v) is 1.95. The fraction of sp³-hybridized carbons (Fsp3) is 0.500. The molecule has 3 heteroatoms. The van der Waals surface area contributed by atoms with Crippen molar-refractivity contribution in [3.63, 3.8) is 0 Å². The van der Waals surface area contributed by atoms with Gasteiger partial charge in [-0.15, -0.1) is 0 Å². The summed E-state index contributed by atoms with van der Waals surface area (Å²) in [5.41, 5.74) is 1.25. The van der Waals surface area contributed by atoms with Crippen LogP contribution in [0, 0.1) is 5.92 Å². The van der Waals surface area contributed by atoms with E-state index in [0.717, 1.165) is 13.0 Å². The molecule has 0 saturated heterocycles. The molecular formula is C14H21NO2. The highest BCUT2D eigenvalue weighted by Gasteiger charge is 2.17. The maximum atomic E-state index is 10.9. The van der Waals surface area contributed by atoms with Crippen molar-refractivity contribution < 1.29 is 9.90 Å². The number of rotatable bonds is 7. The van der Waals surface area contributed by atoms with E-state index in [2.05, 4.69) is 17.4 Å². The van der Waals surface area contributed by atoms with Crippen LogP contribution in [-0.2, 0) is 11.2 Å². The summed E-state index contributed by atoms with van der Waals surface area (Å²) in [4.78, 5) is 10.9. The van der Waals surface area contributed by atoms with Crippen molar-refractivity contribution in [2.75, 3.05) is 6.54 Å². The van der Waals surface area contributed by atoms with Crippen LogP contribution in [0.25, 0.3) is 0 Å². The highest BCUT2D eigenvalue weighted by molar-refractivity contribution is 5.69. The first kappa shape index (κ1) is 13.7. The average Bonchev–Trinajstić information content (AvgIpc) is 2.30. The number of carboxylic acids is 1. The average molecular weight is 235 g/mol. The second-order valence-corrected chi connectivity index (χ2v) is 4.42. The highest BCUT2D eigenvalue weighted by Crippen LogP contribution is 2.11. The zero-order valence-electron chi connectivity index (χ0n) is 10.5. The molecule has 0 aliphatic rings. The predicted octanol–water partition coefficient (Wildman–Crippen LogP) is 2.32.